The molecule has 1 aliphatic carbocycles. The highest BCUT2D eigenvalue weighted by atomic mass is 32.1. The summed E-state index contributed by atoms with van der Waals surface area (Å²) in [7, 11) is 1.34. The van der Waals surface area contributed by atoms with Gasteiger partial charge in [0.2, 0.25) is 5.88 Å². The average Bonchev–Trinajstić information content (AvgIpc) is 3.10. The molecule has 1 aromatic carbocycles. The van der Waals surface area contributed by atoms with Crippen molar-refractivity contribution in [1.29, 1.82) is 0 Å². The van der Waals surface area contributed by atoms with Crippen molar-refractivity contribution in [1.82, 2.24) is 9.55 Å². The van der Waals surface area contributed by atoms with Crippen LogP contribution in [0.4, 0.5) is 5.00 Å². The Kier molecular flexibility index (Phi) is 6.12. The Morgan fingerprint density at radius 2 is 1.94 bits per heavy atom. The summed E-state index contributed by atoms with van der Waals surface area (Å²) in [4.78, 5) is 33.2. The number of thiophene rings is 1. The number of fused-ring (bicyclic) bond motifs is 1. The molecule has 2 N–H and O–H groups in total. The third-order valence-electron chi connectivity index (χ3n) is 5.44. The number of methoxy groups -OCH3 is 1. The van der Waals surface area contributed by atoms with Crippen molar-refractivity contribution in [2.75, 3.05) is 7.11 Å². The van der Waals surface area contributed by atoms with Crippen molar-refractivity contribution in [3.05, 3.63) is 66.0 Å². The van der Waals surface area contributed by atoms with Gasteiger partial charge in [0, 0.05) is 11.1 Å². The number of carbonyl (C=O) groups is 1. The minimum absolute atomic E-state index is 0.0417. The molecule has 0 atom stereocenters. The Labute approximate surface area is 194 Å². The summed E-state index contributed by atoms with van der Waals surface area (Å²) in [5, 5.41) is 11.4. The first-order valence-corrected chi connectivity index (χ1v) is 11.5. The maximum absolute atomic E-state index is 12.6. The number of hydrogen-bond acceptors (Lipinski definition) is 7. The van der Waals surface area contributed by atoms with Crippen LogP contribution >= 0.6 is 23.6 Å². The van der Waals surface area contributed by atoms with Crippen LogP contribution in [0, 0.1) is 18.6 Å². The van der Waals surface area contributed by atoms with Crippen molar-refractivity contribution < 1.29 is 14.6 Å². The van der Waals surface area contributed by atoms with Gasteiger partial charge >= 0.3 is 5.97 Å². The number of carbonyl (C=O) groups excluding carboxylic acids is 1. The van der Waals surface area contributed by atoms with E-state index in [1.165, 1.54) is 29.2 Å². The molecule has 0 radical (unpaired) electrons. The SMILES string of the molecule is COC(=O)c1c(/N=C/c2c(O)n(-c3cc(C)cc(C)c3)c(=S)[nH]c2=O)sc2c1CCCC2. The molecule has 1 aliphatic rings. The van der Waals surface area contributed by atoms with E-state index in [2.05, 4.69) is 9.98 Å². The van der Waals surface area contributed by atoms with Gasteiger partial charge in [-0.3, -0.25) is 14.3 Å². The van der Waals surface area contributed by atoms with Gasteiger partial charge in [-0.05, 0) is 80.6 Å². The van der Waals surface area contributed by atoms with Crippen LogP contribution in [-0.2, 0) is 17.6 Å². The van der Waals surface area contributed by atoms with Crippen molar-refractivity contribution in [2.24, 2.45) is 4.99 Å². The maximum Gasteiger partial charge on any atom is 0.341 e. The van der Waals surface area contributed by atoms with E-state index in [1.54, 1.807) is 0 Å². The molecule has 2 aromatic heterocycles. The lowest BCUT2D eigenvalue weighted by Gasteiger charge is -2.12. The molecule has 0 aliphatic heterocycles. The molecule has 0 bridgehead atoms. The molecule has 0 amide bonds. The van der Waals surface area contributed by atoms with Gasteiger partial charge in [-0.1, -0.05) is 6.07 Å². The highest BCUT2D eigenvalue weighted by Crippen LogP contribution is 2.40. The van der Waals surface area contributed by atoms with Crippen LogP contribution in [0.2, 0.25) is 0 Å². The minimum atomic E-state index is -0.558. The van der Waals surface area contributed by atoms with Crippen molar-refractivity contribution in [3.8, 4) is 11.6 Å². The molecule has 4 rings (SSSR count). The quantitative estimate of drug-likeness (QED) is 0.328. The topological polar surface area (TPSA) is 96.7 Å². The summed E-state index contributed by atoms with van der Waals surface area (Å²) < 4.78 is 6.46. The average molecular weight is 470 g/mol. The molecular formula is C23H23N3O4S2. The van der Waals surface area contributed by atoms with Gasteiger partial charge in [0.1, 0.15) is 10.6 Å². The zero-order chi connectivity index (χ0) is 23.0. The molecule has 166 valence electrons. The third-order valence-corrected chi connectivity index (χ3v) is 6.92. The van der Waals surface area contributed by atoms with Crippen molar-refractivity contribution in [3.63, 3.8) is 0 Å². The lowest BCUT2D eigenvalue weighted by molar-refractivity contribution is 0.0601. The molecule has 0 saturated heterocycles. The lowest BCUT2D eigenvalue weighted by atomic mass is 9.95. The predicted octanol–water partition coefficient (Wildman–Crippen LogP) is 4.70. The summed E-state index contributed by atoms with van der Waals surface area (Å²) in [6.45, 7) is 3.89. The van der Waals surface area contributed by atoms with Crippen LogP contribution in [0.3, 0.4) is 0 Å². The number of benzene rings is 1. The number of esters is 1. The first-order chi connectivity index (χ1) is 15.3. The molecule has 0 fully saturated rings. The number of hydrogen-bond donors (Lipinski definition) is 2. The predicted molar refractivity (Wildman–Crippen MR) is 128 cm³/mol. The number of nitrogens with zero attached hydrogens (tertiary/aromatic N) is 2. The van der Waals surface area contributed by atoms with Crippen LogP contribution in [-0.4, -0.2) is 34.0 Å². The fraction of sp³-hybridized carbons (Fsp3) is 0.304. The number of H-pyrrole nitrogens is 1. The molecule has 2 heterocycles. The minimum Gasteiger partial charge on any atom is -0.494 e. The summed E-state index contributed by atoms with van der Waals surface area (Å²) in [5.41, 5.74) is 3.45. The van der Waals surface area contributed by atoms with Gasteiger partial charge in [0.25, 0.3) is 5.56 Å². The monoisotopic (exact) mass is 469 g/mol. The van der Waals surface area contributed by atoms with Gasteiger partial charge in [0.05, 0.1) is 18.4 Å². The zero-order valence-electron chi connectivity index (χ0n) is 18.0. The summed E-state index contributed by atoms with van der Waals surface area (Å²) in [5.74, 6) is -0.755. The molecule has 3 aromatic rings. The van der Waals surface area contributed by atoms with E-state index in [0.29, 0.717) is 16.3 Å². The number of rotatable bonds is 4. The van der Waals surface area contributed by atoms with Crippen LogP contribution in [0.5, 0.6) is 5.88 Å². The molecule has 0 unspecified atom stereocenters. The van der Waals surface area contributed by atoms with E-state index in [0.717, 1.165) is 47.3 Å². The van der Waals surface area contributed by atoms with Gasteiger partial charge in [-0.25, -0.2) is 9.79 Å². The number of aliphatic imine (C=N–C) groups is 1. The van der Waals surface area contributed by atoms with Gasteiger partial charge in [0.15, 0.2) is 4.77 Å². The molecule has 9 heteroatoms. The Morgan fingerprint density at radius 1 is 1.25 bits per heavy atom. The lowest BCUT2D eigenvalue weighted by Crippen LogP contribution is -2.18. The Bertz CT molecular complexity index is 1340. The van der Waals surface area contributed by atoms with E-state index < -0.39 is 11.5 Å². The highest BCUT2D eigenvalue weighted by Gasteiger charge is 2.26. The van der Waals surface area contributed by atoms with E-state index in [-0.39, 0.29) is 16.2 Å². The fourth-order valence-electron chi connectivity index (χ4n) is 4.05. The second-order valence-electron chi connectivity index (χ2n) is 7.82. The largest absolute Gasteiger partial charge is 0.494 e. The number of aryl methyl sites for hydroxylation is 3. The maximum atomic E-state index is 12.6. The Morgan fingerprint density at radius 3 is 2.62 bits per heavy atom. The van der Waals surface area contributed by atoms with Gasteiger partial charge in [-0.2, -0.15) is 0 Å². The van der Waals surface area contributed by atoms with Crippen LogP contribution in [0.15, 0.2) is 28.0 Å². The third kappa shape index (κ3) is 4.05. The zero-order valence-corrected chi connectivity index (χ0v) is 19.7. The number of nitrogens with one attached hydrogen (secondary N) is 1. The second kappa shape index (κ2) is 8.84. The fourth-order valence-corrected chi connectivity index (χ4v) is 5.56. The summed E-state index contributed by atoms with van der Waals surface area (Å²) in [6, 6.07) is 5.74. The number of aromatic amines is 1. The van der Waals surface area contributed by atoms with Gasteiger partial charge < -0.3 is 9.84 Å². The van der Waals surface area contributed by atoms with E-state index in [1.807, 2.05) is 32.0 Å². The van der Waals surface area contributed by atoms with Crippen molar-refractivity contribution in [2.45, 2.75) is 39.5 Å². The smallest absolute Gasteiger partial charge is 0.341 e. The van der Waals surface area contributed by atoms with Crippen LogP contribution in [0.25, 0.3) is 5.69 Å². The summed E-state index contributed by atoms with van der Waals surface area (Å²) in [6.07, 6.45) is 5.05. The standard InChI is InChI=1S/C23H23N3O4S2/c1-12-8-13(2)10-14(9-12)26-21(28)16(19(27)25-23(26)31)11-24-20-18(22(29)30-3)15-6-4-5-7-17(15)32-20/h8-11,28H,4-7H2,1-3H3,(H,25,27,31)/b24-11+. The van der Waals surface area contributed by atoms with E-state index >= 15 is 0 Å². The molecule has 7 nitrogen and oxygen atoms in total. The second-order valence-corrected chi connectivity index (χ2v) is 9.29. The van der Waals surface area contributed by atoms with Gasteiger partial charge in [-0.15, -0.1) is 11.3 Å². The Balaban J connectivity index is 1.84. The first-order valence-electron chi connectivity index (χ1n) is 10.2. The normalized spacial score (nSPS) is 13.3. The molecule has 32 heavy (non-hydrogen) atoms. The van der Waals surface area contributed by atoms with Crippen molar-refractivity contribution >= 4 is 40.7 Å². The van der Waals surface area contributed by atoms with E-state index in [4.69, 9.17) is 17.0 Å². The Hall–Kier alpha value is -3.04. The first kappa shape index (κ1) is 22.2. The molecule has 0 saturated carbocycles. The van der Waals surface area contributed by atoms with E-state index in [9.17, 15) is 14.7 Å². The summed E-state index contributed by atoms with van der Waals surface area (Å²) >= 11 is 6.73. The number of ether oxygens (including phenoxy) is 1. The number of aromatic hydroxyl groups is 1. The molecule has 0 spiro atoms. The highest BCUT2D eigenvalue weighted by molar-refractivity contribution is 7.71. The van der Waals surface area contributed by atoms with Crippen LogP contribution < -0.4 is 5.56 Å². The van der Waals surface area contributed by atoms with Crippen LogP contribution in [0.1, 0.15) is 50.3 Å². The number of aromatic nitrogens is 2. The molecular weight excluding hydrogens is 446 g/mol.